The Balaban J connectivity index is 1.38. The summed E-state index contributed by atoms with van der Waals surface area (Å²) in [5.41, 5.74) is 1.77. The second-order valence-electron chi connectivity index (χ2n) is 20.1. The van der Waals surface area contributed by atoms with Gasteiger partial charge >= 0.3 is 0 Å². The van der Waals surface area contributed by atoms with E-state index in [0.717, 1.165) is 24.3 Å². The van der Waals surface area contributed by atoms with Gasteiger partial charge in [-0.25, -0.2) is 0 Å². The van der Waals surface area contributed by atoms with Crippen molar-refractivity contribution in [1.29, 1.82) is 0 Å². The van der Waals surface area contributed by atoms with Crippen molar-refractivity contribution in [3.63, 3.8) is 0 Å². The maximum atomic E-state index is 6.27. The third kappa shape index (κ3) is 39.8. The van der Waals surface area contributed by atoms with E-state index in [4.69, 9.17) is 18.9 Å². The fourth-order valence-corrected chi connectivity index (χ4v) is 17.5. The van der Waals surface area contributed by atoms with Crippen molar-refractivity contribution in [3.05, 3.63) is 0 Å². The van der Waals surface area contributed by atoms with Gasteiger partial charge in [0.05, 0.1) is 31.6 Å². The van der Waals surface area contributed by atoms with E-state index in [1.807, 2.05) is 9.83 Å². The summed E-state index contributed by atoms with van der Waals surface area (Å²) >= 11 is 0. The average molecular weight is 978 g/mol. The normalized spacial score (nSPS) is 21.5. The lowest BCUT2D eigenvalue weighted by atomic mass is 10.0. The molecule has 0 radical (unpaired) electrons. The van der Waals surface area contributed by atoms with Crippen LogP contribution in [0.2, 0.25) is 11.1 Å². The highest BCUT2D eigenvalue weighted by atomic mass is 33.5. The third-order valence-electron chi connectivity index (χ3n) is 13.7. The van der Waals surface area contributed by atoms with E-state index in [2.05, 4.69) is 58.4 Å². The fourth-order valence-electron chi connectivity index (χ4n) is 9.52. The SMILES string of the molecule is CCCCCCCCCCCCCCCOCOC1CCC(C)[SiH2]N(CCCSSSCCCN2CCC(OCOCCCCCCCCCCCCCCC)CCC(C)[SiH2]2)CC1. The van der Waals surface area contributed by atoms with Crippen LogP contribution in [0, 0.1) is 0 Å². The molecule has 0 aromatic rings. The topological polar surface area (TPSA) is 43.4 Å². The van der Waals surface area contributed by atoms with Gasteiger partial charge in [-0.15, -0.1) is 0 Å². The van der Waals surface area contributed by atoms with E-state index in [9.17, 15) is 0 Å². The monoisotopic (exact) mass is 977 g/mol. The Morgan fingerprint density at radius 2 is 0.746 bits per heavy atom. The van der Waals surface area contributed by atoms with Crippen molar-refractivity contribution in [2.75, 3.05) is 64.5 Å². The molecule has 2 rings (SSSR count). The predicted octanol–water partition coefficient (Wildman–Crippen LogP) is 15.5. The first-order chi connectivity index (χ1) is 31.1. The molecule has 2 aliphatic heterocycles. The standard InChI is InChI=1S/C52H108N2O4S3Si2/c1-5-7-9-11-13-15-17-19-21-23-25-27-29-43-55-47-57-51-35-33-49(3)62-53(41-37-51)39-31-45-59-61-60-46-32-40-54-42-38-52(36-34-50(4)63-54)58-48-56-44-30-28-26-24-22-20-18-16-14-12-10-8-6-2/h49-52H,5-48,62-63H2,1-4H3. The number of hydrogen-bond acceptors (Lipinski definition) is 9. The van der Waals surface area contributed by atoms with E-state index in [-0.39, 0.29) is 19.4 Å². The summed E-state index contributed by atoms with van der Waals surface area (Å²) in [6.45, 7) is 17.3. The molecule has 0 bridgehead atoms. The van der Waals surface area contributed by atoms with Crippen LogP contribution in [-0.2, 0) is 18.9 Å². The van der Waals surface area contributed by atoms with Gasteiger partial charge in [-0.05, 0) is 111 Å². The van der Waals surface area contributed by atoms with E-state index in [0.29, 0.717) is 25.8 Å². The Hall–Kier alpha value is 1.24. The van der Waals surface area contributed by atoms with Crippen molar-refractivity contribution >= 4 is 50.8 Å². The Kier molecular flexibility index (Phi) is 45.0. The van der Waals surface area contributed by atoms with Gasteiger partial charge in [-0.3, -0.25) is 0 Å². The maximum absolute atomic E-state index is 6.27. The van der Waals surface area contributed by atoms with Crippen LogP contribution in [0.25, 0.3) is 0 Å². The number of rotatable bonds is 44. The third-order valence-corrected chi connectivity index (χ3v) is 22.5. The van der Waals surface area contributed by atoms with E-state index in [1.54, 1.807) is 0 Å². The van der Waals surface area contributed by atoms with Gasteiger partial charge in [0, 0.05) is 24.7 Å². The lowest BCUT2D eigenvalue weighted by Crippen LogP contribution is -2.37. The zero-order valence-electron chi connectivity index (χ0n) is 42.6. The molecule has 2 fully saturated rings. The lowest BCUT2D eigenvalue weighted by molar-refractivity contribution is -0.0960. The van der Waals surface area contributed by atoms with Gasteiger partial charge in [0.25, 0.3) is 0 Å². The van der Waals surface area contributed by atoms with E-state index in [1.165, 1.54) is 256 Å². The zero-order valence-corrected chi connectivity index (χ0v) is 47.9. The largest absolute Gasteiger partial charge is 0.355 e. The van der Waals surface area contributed by atoms with Crippen LogP contribution >= 0.6 is 31.4 Å². The Morgan fingerprint density at radius 3 is 1.10 bits per heavy atom. The van der Waals surface area contributed by atoms with Gasteiger partial charge in [0.2, 0.25) is 0 Å². The molecule has 0 aliphatic carbocycles. The summed E-state index contributed by atoms with van der Waals surface area (Å²) < 4.78 is 30.1. The molecule has 4 unspecified atom stereocenters. The fraction of sp³-hybridized carbons (Fsp3) is 1.00. The van der Waals surface area contributed by atoms with Crippen molar-refractivity contribution < 1.29 is 18.9 Å². The molecule has 0 spiro atoms. The minimum atomic E-state index is -0.160. The highest BCUT2D eigenvalue weighted by Crippen LogP contribution is 2.35. The lowest BCUT2D eigenvalue weighted by Gasteiger charge is -2.31. The van der Waals surface area contributed by atoms with Crippen molar-refractivity contribution in [2.45, 2.75) is 269 Å². The molecule has 4 atom stereocenters. The highest BCUT2D eigenvalue weighted by molar-refractivity contribution is 9.09. The molecule has 6 nitrogen and oxygen atoms in total. The molecule has 2 aliphatic rings. The van der Waals surface area contributed by atoms with Crippen molar-refractivity contribution in [3.8, 4) is 0 Å². The van der Waals surface area contributed by atoms with Gasteiger partial charge in [0.15, 0.2) is 0 Å². The van der Waals surface area contributed by atoms with Gasteiger partial charge in [0.1, 0.15) is 13.6 Å². The van der Waals surface area contributed by atoms with Crippen LogP contribution in [0.1, 0.15) is 246 Å². The molecule has 63 heavy (non-hydrogen) atoms. The van der Waals surface area contributed by atoms with Crippen LogP contribution in [0.3, 0.4) is 0 Å². The number of nitrogens with zero attached hydrogens (tertiary/aromatic N) is 2. The average Bonchev–Trinajstić information content (AvgIpc) is 3.27. The first kappa shape index (κ1) is 60.4. The Morgan fingerprint density at radius 1 is 0.413 bits per heavy atom. The molecule has 376 valence electrons. The molecular formula is C52H108N2O4S3Si2. The molecule has 0 saturated carbocycles. The molecule has 0 N–H and O–H groups in total. The summed E-state index contributed by atoms with van der Waals surface area (Å²) in [6.07, 6.45) is 47.1. The molecule has 0 aromatic carbocycles. The van der Waals surface area contributed by atoms with Crippen LogP contribution in [0.4, 0.5) is 0 Å². The summed E-state index contributed by atoms with van der Waals surface area (Å²) in [5.74, 6) is 2.54. The molecule has 0 aromatic heterocycles. The van der Waals surface area contributed by atoms with Crippen LogP contribution < -0.4 is 0 Å². The van der Waals surface area contributed by atoms with E-state index < -0.39 is 0 Å². The van der Waals surface area contributed by atoms with Gasteiger partial charge in [-0.2, -0.15) is 0 Å². The minimum absolute atomic E-state index is 0.160. The summed E-state index contributed by atoms with van der Waals surface area (Å²) in [7, 11) is 5.90. The minimum Gasteiger partial charge on any atom is -0.355 e. The quantitative estimate of drug-likeness (QED) is 0.0257. The molecule has 2 saturated heterocycles. The maximum Gasteiger partial charge on any atom is 0.147 e. The van der Waals surface area contributed by atoms with E-state index >= 15 is 0 Å². The summed E-state index contributed by atoms with van der Waals surface area (Å²) in [5, 5.41) is 0. The van der Waals surface area contributed by atoms with Crippen LogP contribution in [0.15, 0.2) is 0 Å². The Bertz CT molecular complexity index is 867. The van der Waals surface area contributed by atoms with Gasteiger partial charge in [-0.1, -0.05) is 203 Å². The first-order valence-electron chi connectivity index (χ1n) is 27.8. The zero-order chi connectivity index (χ0) is 44.9. The summed E-state index contributed by atoms with van der Waals surface area (Å²) in [6, 6.07) is 0. The number of ether oxygens (including phenoxy) is 4. The Labute approximate surface area is 410 Å². The molecule has 0 amide bonds. The van der Waals surface area contributed by atoms with Crippen molar-refractivity contribution in [2.24, 2.45) is 0 Å². The van der Waals surface area contributed by atoms with Crippen LogP contribution in [0.5, 0.6) is 0 Å². The van der Waals surface area contributed by atoms with Gasteiger partial charge < -0.3 is 28.1 Å². The second-order valence-corrected chi connectivity index (χ2v) is 29.9. The number of hydrogen-bond donors (Lipinski definition) is 0. The predicted molar refractivity (Wildman–Crippen MR) is 291 cm³/mol. The molecule has 2 heterocycles. The molecule has 11 heteroatoms. The summed E-state index contributed by atoms with van der Waals surface area (Å²) in [4.78, 5) is 0. The van der Waals surface area contributed by atoms with Crippen LogP contribution in [-0.4, -0.2) is 105 Å². The van der Waals surface area contributed by atoms with Crippen molar-refractivity contribution in [1.82, 2.24) is 9.13 Å². The first-order valence-corrected chi connectivity index (χ1v) is 34.6. The molecular weight excluding hydrogens is 869 g/mol. The number of unbranched alkanes of at least 4 members (excludes halogenated alkanes) is 24. The second kappa shape index (κ2) is 46.9. The smallest absolute Gasteiger partial charge is 0.147 e. The highest BCUT2D eigenvalue weighted by Gasteiger charge is 2.21.